The van der Waals surface area contributed by atoms with Gasteiger partial charge in [-0.25, -0.2) is 0 Å². The second-order valence-electron chi connectivity index (χ2n) is 3.73. The van der Waals surface area contributed by atoms with Crippen LogP contribution in [0.2, 0.25) is 0 Å². The monoisotopic (exact) mass is 217 g/mol. The van der Waals surface area contributed by atoms with Gasteiger partial charge in [-0.1, -0.05) is 12.1 Å². The minimum absolute atomic E-state index is 0.398. The van der Waals surface area contributed by atoms with Crippen LogP contribution in [-0.4, -0.2) is 13.2 Å². The van der Waals surface area contributed by atoms with Gasteiger partial charge in [0.1, 0.15) is 0 Å². The zero-order chi connectivity index (χ0) is 11.0. The smallest absolute Gasteiger partial charge is 0.223 e. The summed E-state index contributed by atoms with van der Waals surface area (Å²) in [5, 5.41) is 12.7. The lowest BCUT2D eigenvalue weighted by molar-refractivity contribution is -0.577. The Kier molecular flexibility index (Phi) is 2.23. The van der Waals surface area contributed by atoms with Gasteiger partial charge in [0.15, 0.2) is 12.5 Å². The van der Waals surface area contributed by atoms with Crippen molar-refractivity contribution in [2.45, 2.75) is 6.29 Å². The fourth-order valence-electron chi connectivity index (χ4n) is 1.91. The van der Waals surface area contributed by atoms with Crippen molar-refractivity contribution in [2.75, 3.05) is 13.2 Å². The highest BCUT2D eigenvalue weighted by atomic mass is 16.7. The van der Waals surface area contributed by atoms with Gasteiger partial charge in [-0.05, 0) is 12.1 Å². The van der Waals surface area contributed by atoms with Crippen LogP contribution in [-0.2, 0) is 9.47 Å². The van der Waals surface area contributed by atoms with E-state index in [2.05, 4.69) is 0 Å². The molecule has 1 fully saturated rings. The molecule has 0 N–H and O–H groups in total. The lowest BCUT2D eigenvalue weighted by Gasteiger charge is -2.10. The molecule has 0 aliphatic carbocycles. The Bertz CT molecular complexity index is 521. The molecule has 4 nitrogen and oxygen atoms in total. The summed E-state index contributed by atoms with van der Waals surface area (Å²) in [4.78, 5) is 0. The minimum Gasteiger partial charge on any atom is -0.618 e. The summed E-state index contributed by atoms with van der Waals surface area (Å²) in [6.07, 6.45) is 1.11. The number of hydrogen-bond donors (Lipinski definition) is 0. The van der Waals surface area contributed by atoms with Crippen molar-refractivity contribution >= 4 is 10.9 Å². The van der Waals surface area contributed by atoms with Crippen LogP contribution < -0.4 is 4.73 Å². The molecule has 0 amide bonds. The Morgan fingerprint density at radius 1 is 1.19 bits per heavy atom. The fourth-order valence-corrected chi connectivity index (χ4v) is 1.91. The lowest BCUT2D eigenvalue weighted by Crippen LogP contribution is -2.27. The third kappa shape index (κ3) is 1.52. The van der Waals surface area contributed by atoms with Crippen LogP contribution in [0.5, 0.6) is 0 Å². The number of benzene rings is 1. The molecule has 82 valence electrons. The van der Waals surface area contributed by atoms with Gasteiger partial charge in [-0.15, -0.1) is 0 Å². The van der Waals surface area contributed by atoms with Crippen molar-refractivity contribution in [1.82, 2.24) is 0 Å². The van der Waals surface area contributed by atoms with E-state index in [1.807, 2.05) is 24.3 Å². The highest BCUT2D eigenvalue weighted by Crippen LogP contribution is 2.24. The van der Waals surface area contributed by atoms with Crippen molar-refractivity contribution in [3.8, 4) is 0 Å². The van der Waals surface area contributed by atoms with Crippen LogP contribution >= 0.6 is 0 Å². The quantitative estimate of drug-likeness (QED) is 0.537. The summed E-state index contributed by atoms with van der Waals surface area (Å²) in [7, 11) is 0. The van der Waals surface area contributed by atoms with Crippen molar-refractivity contribution in [3.05, 3.63) is 47.3 Å². The number of para-hydroxylation sites is 1. The molecule has 2 heterocycles. The first kappa shape index (κ1) is 9.57. The topological polar surface area (TPSA) is 45.4 Å². The van der Waals surface area contributed by atoms with E-state index >= 15 is 0 Å². The van der Waals surface area contributed by atoms with Crippen LogP contribution in [0.25, 0.3) is 10.9 Å². The van der Waals surface area contributed by atoms with E-state index in [0.717, 1.165) is 15.7 Å². The number of aromatic nitrogens is 1. The largest absolute Gasteiger partial charge is 0.618 e. The Hall–Kier alpha value is -1.65. The predicted molar refractivity (Wildman–Crippen MR) is 57.6 cm³/mol. The van der Waals surface area contributed by atoms with Crippen molar-refractivity contribution in [2.24, 2.45) is 0 Å². The van der Waals surface area contributed by atoms with Gasteiger partial charge in [-0.3, -0.25) is 0 Å². The zero-order valence-corrected chi connectivity index (χ0v) is 8.63. The van der Waals surface area contributed by atoms with Gasteiger partial charge in [0.25, 0.3) is 0 Å². The third-order valence-electron chi connectivity index (χ3n) is 2.66. The molecule has 4 heteroatoms. The number of pyridine rings is 1. The average Bonchev–Trinajstić information content (AvgIpc) is 2.82. The molecule has 0 bridgehead atoms. The molecule has 1 aliphatic heterocycles. The molecule has 1 aromatic heterocycles. The van der Waals surface area contributed by atoms with E-state index in [-0.39, 0.29) is 0 Å². The molecule has 1 aliphatic rings. The zero-order valence-electron chi connectivity index (χ0n) is 8.63. The van der Waals surface area contributed by atoms with Crippen LogP contribution in [0.1, 0.15) is 11.9 Å². The molecule has 16 heavy (non-hydrogen) atoms. The summed E-state index contributed by atoms with van der Waals surface area (Å²) in [5.74, 6) is 0. The summed E-state index contributed by atoms with van der Waals surface area (Å²) in [6.45, 7) is 1.16. The first-order chi connectivity index (χ1) is 7.84. The van der Waals surface area contributed by atoms with Gasteiger partial charge in [0, 0.05) is 11.5 Å². The van der Waals surface area contributed by atoms with Crippen LogP contribution in [0.15, 0.2) is 36.5 Å². The van der Waals surface area contributed by atoms with Gasteiger partial charge in [-0.2, -0.15) is 4.73 Å². The standard InChI is InChI=1S/C12H11NO3/c14-13-8-10(12-15-5-6-16-12)7-9-3-1-2-4-11(9)13/h1-4,7-8,12H,5-6H2. The predicted octanol–water partition coefficient (Wildman–Crippen LogP) is 1.52. The van der Waals surface area contributed by atoms with E-state index in [4.69, 9.17) is 9.47 Å². The van der Waals surface area contributed by atoms with Gasteiger partial charge < -0.3 is 14.7 Å². The summed E-state index contributed by atoms with van der Waals surface area (Å²) < 4.78 is 11.6. The molecular weight excluding hydrogens is 206 g/mol. The van der Waals surface area contributed by atoms with E-state index in [9.17, 15) is 5.21 Å². The van der Waals surface area contributed by atoms with Crippen LogP contribution in [0.3, 0.4) is 0 Å². The number of nitrogens with zero attached hydrogens (tertiary/aromatic N) is 1. The number of fused-ring (bicyclic) bond motifs is 1. The minimum atomic E-state index is -0.398. The summed E-state index contributed by atoms with van der Waals surface area (Å²) >= 11 is 0. The van der Waals surface area contributed by atoms with E-state index in [0.29, 0.717) is 18.7 Å². The molecule has 3 rings (SSSR count). The van der Waals surface area contributed by atoms with E-state index < -0.39 is 6.29 Å². The van der Waals surface area contributed by atoms with Crippen molar-refractivity contribution in [3.63, 3.8) is 0 Å². The van der Waals surface area contributed by atoms with Crippen LogP contribution in [0, 0.1) is 5.21 Å². The average molecular weight is 217 g/mol. The highest BCUT2D eigenvalue weighted by molar-refractivity contribution is 5.75. The summed E-state index contributed by atoms with van der Waals surface area (Å²) in [6, 6.07) is 9.38. The molecule has 0 unspecified atom stereocenters. The van der Waals surface area contributed by atoms with Gasteiger partial charge in [0.05, 0.1) is 18.8 Å². The first-order valence-electron chi connectivity index (χ1n) is 5.20. The molecule has 0 saturated carbocycles. The maximum absolute atomic E-state index is 11.8. The van der Waals surface area contributed by atoms with E-state index in [1.54, 1.807) is 6.07 Å². The Balaban J connectivity index is 2.13. The van der Waals surface area contributed by atoms with Gasteiger partial charge >= 0.3 is 0 Å². The molecule has 0 atom stereocenters. The number of hydrogen-bond acceptors (Lipinski definition) is 3. The molecular formula is C12H11NO3. The highest BCUT2D eigenvalue weighted by Gasteiger charge is 2.21. The van der Waals surface area contributed by atoms with Crippen LogP contribution in [0.4, 0.5) is 0 Å². The Labute approximate surface area is 92.6 Å². The Morgan fingerprint density at radius 2 is 1.94 bits per heavy atom. The van der Waals surface area contributed by atoms with Crippen molar-refractivity contribution in [1.29, 1.82) is 0 Å². The molecule has 2 aromatic rings. The fraction of sp³-hybridized carbons (Fsp3) is 0.250. The molecule has 0 radical (unpaired) electrons. The second-order valence-corrected chi connectivity index (χ2v) is 3.73. The Morgan fingerprint density at radius 3 is 2.75 bits per heavy atom. The van der Waals surface area contributed by atoms with Gasteiger partial charge in [0.2, 0.25) is 5.52 Å². The summed E-state index contributed by atoms with van der Waals surface area (Å²) in [5.41, 5.74) is 1.43. The maximum atomic E-state index is 11.8. The van der Waals surface area contributed by atoms with Crippen molar-refractivity contribution < 1.29 is 14.2 Å². The maximum Gasteiger partial charge on any atom is 0.223 e. The van der Waals surface area contributed by atoms with E-state index in [1.165, 1.54) is 6.20 Å². The molecule has 1 aromatic carbocycles. The lowest BCUT2D eigenvalue weighted by atomic mass is 10.1. The SMILES string of the molecule is [O-][n+]1cc(C2OCCO2)cc2ccccc21. The number of rotatable bonds is 1. The second kappa shape index (κ2) is 3.73. The molecule has 1 saturated heterocycles. The normalized spacial score (nSPS) is 17.0. The first-order valence-corrected chi connectivity index (χ1v) is 5.20. The molecule has 0 spiro atoms. The third-order valence-corrected chi connectivity index (χ3v) is 2.66. The number of ether oxygens (including phenoxy) is 2.